The summed E-state index contributed by atoms with van der Waals surface area (Å²) >= 11 is 0. The van der Waals surface area contributed by atoms with Crippen LogP contribution in [0.25, 0.3) is 0 Å². The van der Waals surface area contributed by atoms with Gasteiger partial charge in [-0.2, -0.15) is 0 Å². The van der Waals surface area contributed by atoms with Crippen molar-refractivity contribution in [1.29, 1.82) is 0 Å². The molecule has 0 fully saturated rings. The zero-order chi connectivity index (χ0) is 60.7. The maximum atomic E-state index is 13.6. The first-order valence-electron chi connectivity index (χ1n) is 33.9. The predicted octanol–water partition coefficient (Wildman–Crippen LogP) is 21.4. The molecular formula is C73H128N2O7P+. The molecule has 83 heavy (non-hydrogen) atoms. The van der Waals surface area contributed by atoms with Crippen LogP contribution in [-0.2, 0) is 27.9 Å². The largest absolute Gasteiger partial charge is 0.472 e. The molecule has 9 nitrogen and oxygen atoms in total. The van der Waals surface area contributed by atoms with Crippen LogP contribution >= 0.6 is 7.82 Å². The topological polar surface area (TPSA) is 111 Å². The van der Waals surface area contributed by atoms with Crippen LogP contribution in [0.5, 0.6) is 0 Å². The second-order valence-electron chi connectivity index (χ2n) is 23.6. The van der Waals surface area contributed by atoms with E-state index in [0.717, 1.165) is 141 Å². The third-order valence-electron chi connectivity index (χ3n) is 14.4. The van der Waals surface area contributed by atoms with Gasteiger partial charge < -0.3 is 19.4 Å². The molecule has 10 heteroatoms. The fraction of sp³-hybridized carbons (Fsp3) is 0.699. The van der Waals surface area contributed by atoms with Crippen LogP contribution in [0.15, 0.2) is 122 Å². The molecule has 0 rings (SSSR count). The molecule has 0 aliphatic carbocycles. The number of amides is 1. The lowest BCUT2D eigenvalue weighted by atomic mass is 10.0. The Morgan fingerprint density at radius 2 is 0.771 bits per heavy atom. The van der Waals surface area contributed by atoms with Crippen LogP contribution in [0, 0.1) is 0 Å². The summed E-state index contributed by atoms with van der Waals surface area (Å²) in [5, 5.41) is 3.05. The number of hydrogen-bond acceptors (Lipinski definition) is 6. The highest BCUT2D eigenvalue weighted by atomic mass is 31.2. The zero-order valence-electron chi connectivity index (χ0n) is 54.4. The van der Waals surface area contributed by atoms with E-state index in [1.807, 2.05) is 33.3 Å². The predicted molar refractivity (Wildman–Crippen MR) is 360 cm³/mol. The highest BCUT2D eigenvalue weighted by Gasteiger charge is 2.30. The van der Waals surface area contributed by atoms with Crippen molar-refractivity contribution in [2.24, 2.45) is 0 Å². The molecule has 0 aromatic heterocycles. The monoisotopic (exact) mass is 1180 g/mol. The van der Waals surface area contributed by atoms with Gasteiger partial charge in [0.2, 0.25) is 5.91 Å². The van der Waals surface area contributed by atoms with E-state index in [2.05, 4.69) is 135 Å². The maximum absolute atomic E-state index is 13.6. The number of ether oxygens (including phenoxy) is 1. The highest BCUT2D eigenvalue weighted by molar-refractivity contribution is 7.47. The summed E-state index contributed by atoms with van der Waals surface area (Å²) in [6.07, 6.45) is 86.3. The number of carbonyl (C=O) groups is 2. The third kappa shape index (κ3) is 62.8. The molecule has 3 unspecified atom stereocenters. The lowest BCUT2D eigenvalue weighted by Crippen LogP contribution is -2.47. The van der Waals surface area contributed by atoms with Gasteiger partial charge in [0.25, 0.3) is 0 Å². The molecule has 1 amide bonds. The van der Waals surface area contributed by atoms with Gasteiger partial charge in [0.1, 0.15) is 19.3 Å². The minimum absolute atomic E-state index is 0.0299. The molecule has 476 valence electrons. The van der Waals surface area contributed by atoms with Crippen molar-refractivity contribution in [3.8, 4) is 0 Å². The van der Waals surface area contributed by atoms with Gasteiger partial charge in [-0.05, 0) is 122 Å². The van der Waals surface area contributed by atoms with Gasteiger partial charge in [0, 0.05) is 12.8 Å². The van der Waals surface area contributed by atoms with E-state index in [1.54, 1.807) is 0 Å². The minimum Gasteiger partial charge on any atom is -0.456 e. The number of phosphoric acid groups is 1. The van der Waals surface area contributed by atoms with Gasteiger partial charge in [-0.15, -0.1) is 0 Å². The summed E-state index contributed by atoms with van der Waals surface area (Å²) in [4.78, 5) is 37.8. The van der Waals surface area contributed by atoms with E-state index in [9.17, 15) is 19.0 Å². The van der Waals surface area contributed by atoms with Gasteiger partial charge in [0.05, 0.1) is 33.8 Å². The number of nitrogens with zero attached hydrogens (tertiary/aromatic N) is 1. The van der Waals surface area contributed by atoms with E-state index in [4.69, 9.17) is 13.8 Å². The van der Waals surface area contributed by atoms with Crippen LogP contribution in [0.3, 0.4) is 0 Å². The first-order valence-corrected chi connectivity index (χ1v) is 35.4. The fourth-order valence-corrected chi connectivity index (χ4v) is 9.92. The Labute approximate surface area is 512 Å². The standard InChI is InChI=1S/C73H127N2O7P/c1-7-10-13-16-19-22-25-27-29-31-33-35-36-37-38-40-42-44-46-48-51-54-57-60-63-66-73(77)82-71(64-61-58-55-52-49-24-21-18-15-12-9-3)70(69-81-83(78,79)80-68-67-75(4,5)6)74-72(76)65-62-59-56-53-50-47-45-43-41-39-34-32-30-28-26-23-20-17-14-11-8-2/h10,13,19-20,22-23,27-30,33-35,37-39,42,44,61,64,70-71H,7-9,11-12,14-18,21,24-26,31-32,36,40-41,43,45-60,62-63,65-69H2,1-6H3,(H-,74,76,78,79)/p+1/b13-10-,22-19-,23-20-,29-27-,30-28-,35-33-,38-37-,39-34-,44-42-,64-61+. The van der Waals surface area contributed by atoms with Gasteiger partial charge >= 0.3 is 13.8 Å². The van der Waals surface area contributed by atoms with Gasteiger partial charge in [-0.3, -0.25) is 18.6 Å². The van der Waals surface area contributed by atoms with Crippen molar-refractivity contribution in [3.05, 3.63) is 122 Å². The Morgan fingerprint density at radius 1 is 0.434 bits per heavy atom. The van der Waals surface area contributed by atoms with Gasteiger partial charge in [-0.25, -0.2) is 4.57 Å². The molecule has 0 radical (unpaired) electrons. The van der Waals surface area contributed by atoms with Crippen LogP contribution in [0.1, 0.15) is 278 Å². The molecule has 0 aliphatic rings. The van der Waals surface area contributed by atoms with Crippen molar-refractivity contribution in [2.75, 3.05) is 40.9 Å². The van der Waals surface area contributed by atoms with E-state index in [1.165, 1.54) is 96.3 Å². The van der Waals surface area contributed by atoms with Crippen LogP contribution < -0.4 is 5.32 Å². The average Bonchev–Trinajstić information content (AvgIpc) is 3.51. The van der Waals surface area contributed by atoms with Crippen LogP contribution in [0.4, 0.5) is 0 Å². The molecule has 0 saturated heterocycles. The average molecular weight is 1180 g/mol. The van der Waals surface area contributed by atoms with Gasteiger partial charge in [-0.1, -0.05) is 265 Å². The Bertz CT molecular complexity index is 1830. The van der Waals surface area contributed by atoms with E-state index in [0.29, 0.717) is 23.9 Å². The van der Waals surface area contributed by atoms with Crippen molar-refractivity contribution >= 4 is 19.7 Å². The molecule has 0 bridgehead atoms. The molecule has 0 aromatic rings. The molecule has 0 aromatic carbocycles. The summed E-state index contributed by atoms with van der Waals surface area (Å²) in [6.45, 7) is 6.85. The number of unbranched alkanes of at least 4 members (excludes halogenated alkanes) is 26. The zero-order valence-corrected chi connectivity index (χ0v) is 55.3. The summed E-state index contributed by atoms with van der Waals surface area (Å²) in [7, 11) is 1.47. The second-order valence-corrected chi connectivity index (χ2v) is 25.1. The van der Waals surface area contributed by atoms with E-state index < -0.39 is 20.0 Å². The first-order chi connectivity index (χ1) is 40.4. The minimum atomic E-state index is -4.47. The SMILES string of the molecule is CC/C=C\C/C=C\C/C=C\C/C=C\C/C=C\C/C=C\CCCCCCCCC(=O)OC(/C=C/CCCCCCCCCCC)C(COP(=O)(O)OCC[N+](C)(C)C)NC(=O)CCCCCCCCCC/C=C\C/C=C\C/C=C\CCCCC. The summed E-state index contributed by atoms with van der Waals surface area (Å²) < 4.78 is 30.7. The van der Waals surface area contributed by atoms with Crippen LogP contribution in [0.2, 0.25) is 0 Å². The molecule has 0 aliphatic heterocycles. The van der Waals surface area contributed by atoms with E-state index in [-0.39, 0.29) is 31.5 Å². The number of allylic oxidation sites excluding steroid dienone is 19. The molecule has 0 heterocycles. The number of rotatable bonds is 60. The maximum Gasteiger partial charge on any atom is 0.472 e. The van der Waals surface area contributed by atoms with Crippen molar-refractivity contribution in [2.45, 2.75) is 290 Å². The number of phosphoric ester groups is 1. The summed E-state index contributed by atoms with van der Waals surface area (Å²) in [5.74, 6) is -0.535. The van der Waals surface area contributed by atoms with Crippen LogP contribution in [-0.4, -0.2) is 74.3 Å². The summed E-state index contributed by atoms with van der Waals surface area (Å²) in [5.41, 5.74) is 0. The number of esters is 1. The Morgan fingerprint density at radius 3 is 1.18 bits per heavy atom. The highest BCUT2D eigenvalue weighted by Crippen LogP contribution is 2.43. The molecule has 0 spiro atoms. The third-order valence-corrected chi connectivity index (χ3v) is 15.4. The molecular weight excluding hydrogens is 1050 g/mol. The van der Waals surface area contributed by atoms with E-state index >= 15 is 0 Å². The summed E-state index contributed by atoms with van der Waals surface area (Å²) in [6, 6.07) is -0.868. The first kappa shape index (κ1) is 79.4. The fourth-order valence-electron chi connectivity index (χ4n) is 9.19. The molecule has 3 atom stereocenters. The lowest BCUT2D eigenvalue weighted by molar-refractivity contribution is -0.870. The Hall–Kier alpha value is -3.59. The molecule has 0 saturated carbocycles. The lowest BCUT2D eigenvalue weighted by Gasteiger charge is -2.27. The number of nitrogens with one attached hydrogen (secondary N) is 1. The quantitative estimate of drug-likeness (QED) is 0.0205. The number of hydrogen-bond donors (Lipinski definition) is 2. The molecule has 2 N–H and O–H groups in total. The van der Waals surface area contributed by atoms with Crippen molar-refractivity contribution in [1.82, 2.24) is 5.32 Å². The number of carbonyl (C=O) groups excluding carboxylic acids is 2. The Balaban J connectivity index is 5.16. The Kier molecular flexibility index (Phi) is 58.8. The number of quaternary nitrogens is 1. The van der Waals surface area contributed by atoms with Crippen molar-refractivity contribution in [3.63, 3.8) is 0 Å². The van der Waals surface area contributed by atoms with Crippen molar-refractivity contribution < 1.29 is 37.3 Å². The number of likely N-dealkylation sites (N-methyl/N-ethyl adjacent to an activating group) is 1. The normalized spacial score (nSPS) is 14.3. The second kappa shape index (κ2) is 61.5. The van der Waals surface area contributed by atoms with Gasteiger partial charge in [0.15, 0.2) is 0 Å². The smallest absolute Gasteiger partial charge is 0.456 e.